The number of nitrogens with zero attached hydrogens (tertiary/aromatic N) is 1. The van der Waals surface area contributed by atoms with Crippen LogP contribution in [0.2, 0.25) is 0 Å². The van der Waals surface area contributed by atoms with Gasteiger partial charge in [-0.25, -0.2) is 0 Å². The van der Waals surface area contributed by atoms with E-state index < -0.39 is 0 Å². The van der Waals surface area contributed by atoms with Gasteiger partial charge >= 0.3 is 0 Å². The predicted octanol–water partition coefficient (Wildman–Crippen LogP) is 3.04. The topological polar surface area (TPSA) is 34.0 Å². The van der Waals surface area contributed by atoms with Gasteiger partial charge in [0, 0.05) is 23.4 Å². The van der Waals surface area contributed by atoms with E-state index in [9.17, 15) is 4.79 Å². The zero-order valence-electron chi connectivity index (χ0n) is 8.77. The molecule has 3 nitrogen and oxygen atoms in total. The second kappa shape index (κ2) is 4.53. The normalized spacial score (nSPS) is 10.1. The second-order valence-corrected chi connectivity index (χ2v) is 4.38. The largest absolute Gasteiger partial charge is 0.347 e. The average molecular weight is 279 g/mol. The molecular weight excluding hydrogens is 268 g/mol. The van der Waals surface area contributed by atoms with Crippen LogP contribution >= 0.6 is 15.9 Å². The highest BCUT2D eigenvalue weighted by atomic mass is 79.9. The van der Waals surface area contributed by atoms with E-state index in [4.69, 9.17) is 0 Å². The zero-order chi connectivity index (χ0) is 11.5. The van der Waals surface area contributed by atoms with Crippen molar-refractivity contribution < 1.29 is 4.79 Å². The predicted molar refractivity (Wildman–Crippen MR) is 67.5 cm³/mol. The van der Waals surface area contributed by atoms with Crippen LogP contribution in [0.25, 0.3) is 0 Å². The number of carbonyl (C=O) groups is 1. The Bertz CT molecular complexity index is 519. The van der Waals surface area contributed by atoms with Crippen molar-refractivity contribution in [2.45, 2.75) is 0 Å². The van der Waals surface area contributed by atoms with Crippen LogP contribution in [-0.4, -0.2) is 10.5 Å². The molecule has 2 aromatic rings. The third kappa shape index (κ3) is 2.33. The number of anilines is 1. The third-order valence-corrected chi connectivity index (χ3v) is 2.75. The smallest absolute Gasteiger partial charge is 0.272 e. The molecule has 0 fully saturated rings. The van der Waals surface area contributed by atoms with E-state index in [2.05, 4.69) is 21.2 Å². The fourth-order valence-corrected chi connectivity index (χ4v) is 1.86. The molecule has 0 bridgehead atoms. The Kier molecular flexibility index (Phi) is 3.10. The molecule has 16 heavy (non-hydrogen) atoms. The van der Waals surface area contributed by atoms with E-state index in [1.807, 2.05) is 43.6 Å². The third-order valence-electron chi connectivity index (χ3n) is 2.26. The van der Waals surface area contributed by atoms with Crippen molar-refractivity contribution in [3.05, 3.63) is 52.8 Å². The summed E-state index contributed by atoms with van der Waals surface area (Å²) in [6.45, 7) is 0. The number of aryl methyl sites for hydroxylation is 1. The van der Waals surface area contributed by atoms with Crippen LogP contribution in [0.1, 0.15) is 10.5 Å². The molecule has 0 aliphatic rings. The number of rotatable bonds is 2. The number of halogens is 1. The van der Waals surface area contributed by atoms with Gasteiger partial charge in [0.15, 0.2) is 0 Å². The number of amides is 1. The van der Waals surface area contributed by atoms with Gasteiger partial charge in [-0.1, -0.05) is 22.0 Å². The molecule has 2 rings (SSSR count). The summed E-state index contributed by atoms with van der Waals surface area (Å²) in [7, 11) is 1.84. The van der Waals surface area contributed by atoms with Gasteiger partial charge in [-0.15, -0.1) is 0 Å². The zero-order valence-corrected chi connectivity index (χ0v) is 10.4. The first-order valence-corrected chi connectivity index (χ1v) is 5.64. The highest BCUT2D eigenvalue weighted by Gasteiger charge is 2.08. The highest BCUT2D eigenvalue weighted by molar-refractivity contribution is 9.10. The highest BCUT2D eigenvalue weighted by Crippen LogP contribution is 2.16. The molecule has 1 aromatic carbocycles. The standard InChI is InChI=1S/C12H11BrN2O/c1-15-7-3-6-11(15)12(16)14-10-5-2-4-9(13)8-10/h2-8H,1H3,(H,14,16). The number of hydrogen-bond acceptors (Lipinski definition) is 1. The molecule has 1 aromatic heterocycles. The molecule has 1 heterocycles. The molecule has 0 aliphatic carbocycles. The molecule has 4 heteroatoms. The van der Waals surface area contributed by atoms with Gasteiger partial charge in [0.25, 0.3) is 5.91 Å². The molecule has 1 N–H and O–H groups in total. The lowest BCUT2D eigenvalue weighted by Gasteiger charge is -2.06. The molecule has 0 aliphatic heterocycles. The Morgan fingerprint density at radius 3 is 2.75 bits per heavy atom. The molecule has 0 spiro atoms. The van der Waals surface area contributed by atoms with Gasteiger partial charge in [0.2, 0.25) is 0 Å². The number of aromatic nitrogens is 1. The van der Waals surface area contributed by atoms with Gasteiger partial charge in [0.05, 0.1) is 0 Å². The molecule has 0 radical (unpaired) electrons. The summed E-state index contributed by atoms with van der Waals surface area (Å²) in [5.41, 5.74) is 1.42. The maximum atomic E-state index is 11.9. The first-order valence-electron chi connectivity index (χ1n) is 4.85. The second-order valence-electron chi connectivity index (χ2n) is 3.47. The van der Waals surface area contributed by atoms with E-state index >= 15 is 0 Å². The van der Waals surface area contributed by atoms with Gasteiger partial charge in [0.1, 0.15) is 5.69 Å². The van der Waals surface area contributed by atoms with Gasteiger partial charge in [-0.3, -0.25) is 4.79 Å². The number of carbonyl (C=O) groups excluding carboxylic acids is 1. The first-order chi connectivity index (χ1) is 7.66. The molecule has 0 atom stereocenters. The van der Waals surface area contributed by atoms with Crippen LogP contribution in [0.4, 0.5) is 5.69 Å². The number of hydrogen-bond donors (Lipinski definition) is 1. The van der Waals surface area contributed by atoms with Crippen molar-refractivity contribution >= 4 is 27.5 Å². The lowest BCUT2D eigenvalue weighted by molar-refractivity contribution is 0.101. The van der Waals surface area contributed by atoms with Crippen molar-refractivity contribution in [3.8, 4) is 0 Å². The van der Waals surface area contributed by atoms with Crippen LogP contribution in [-0.2, 0) is 7.05 Å². The summed E-state index contributed by atoms with van der Waals surface area (Å²) in [6, 6.07) is 11.1. The van der Waals surface area contributed by atoms with Crippen LogP contribution < -0.4 is 5.32 Å². The first kappa shape index (κ1) is 11.0. The Labute approximate surface area is 102 Å². The van der Waals surface area contributed by atoms with Gasteiger partial charge in [-0.2, -0.15) is 0 Å². The van der Waals surface area contributed by atoms with E-state index in [-0.39, 0.29) is 5.91 Å². The minimum Gasteiger partial charge on any atom is -0.347 e. The minimum atomic E-state index is -0.106. The van der Waals surface area contributed by atoms with Crippen LogP contribution in [0.3, 0.4) is 0 Å². The summed E-state index contributed by atoms with van der Waals surface area (Å²) in [4.78, 5) is 11.9. The maximum Gasteiger partial charge on any atom is 0.272 e. The van der Waals surface area contributed by atoms with Crippen molar-refractivity contribution in [2.24, 2.45) is 7.05 Å². The van der Waals surface area contributed by atoms with Crippen LogP contribution in [0, 0.1) is 0 Å². The molecular formula is C12H11BrN2O. The summed E-state index contributed by atoms with van der Waals surface area (Å²) in [5, 5.41) is 2.84. The molecule has 0 unspecified atom stereocenters. The summed E-state index contributed by atoms with van der Waals surface area (Å²) >= 11 is 3.36. The Balaban J connectivity index is 2.17. The van der Waals surface area contributed by atoms with Crippen molar-refractivity contribution in [1.82, 2.24) is 4.57 Å². The number of benzene rings is 1. The van der Waals surface area contributed by atoms with Crippen molar-refractivity contribution in [1.29, 1.82) is 0 Å². The molecule has 0 saturated carbocycles. The van der Waals surface area contributed by atoms with Crippen molar-refractivity contribution in [2.75, 3.05) is 5.32 Å². The van der Waals surface area contributed by atoms with Gasteiger partial charge < -0.3 is 9.88 Å². The lowest BCUT2D eigenvalue weighted by Crippen LogP contribution is -2.15. The summed E-state index contributed by atoms with van der Waals surface area (Å²) < 4.78 is 2.73. The molecule has 0 saturated heterocycles. The maximum absolute atomic E-state index is 11.9. The van der Waals surface area contributed by atoms with E-state index in [1.54, 1.807) is 10.6 Å². The minimum absolute atomic E-state index is 0.106. The fourth-order valence-electron chi connectivity index (χ4n) is 1.46. The fraction of sp³-hybridized carbons (Fsp3) is 0.0833. The van der Waals surface area contributed by atoms with Gasteiger partial charge in [-0.05, 0) is 30.3 Å². The summed E-state index contributed by atoms with van der Waals surface area (Å²) in [5.74, 6) is -0.106. The van der Waals surface area contributed by atoms with Crippen molar-refractivity contribution in [3.63, 3.8) is 0 Å². The number of nitrogens with one attached hydrogen (secondary N) is 1. The Morgan fingerprint density at radius 1 is 1.31 bits per heavy atom. The molecule has 1 amide bonds. The molecule has 82 valence electrons. The monoisotopic (exact) mass is 278 g/mol. The lowest BCUT2D eigenvalue weighted by atomic mass is 10.3. The van der Waals surface area contributed by atoms with Crippen LogP contribution in [0.5, 0.6) is 0 Å². The van der Waals surface area contributed by atoms with E-state index in [0.717, 1.165) is 10.2 Å². The van der Waals surface area contributed by atoms with E-state index in [0.29, 0.717) is 5.69 Å². The van der Waals surface area contributed by atoms with E-state index in [1.165, 1.54) is 0 Å². The Morgan fingerprint density at radius 2 is 2.12 bits per heavy atom. The average Bonchev–Trinajstić information content (AvgIpc) is 2.64. The SMILES string of the molecule is Cn1cccc1C(=O)Nc1cccc(Br)c1. The Hall–Kier alpha value is -1.55. The quantitative estimate of drug-likeness (QED) is 0.900. The summed E-state index contributed by atoms with van der Waals surface area (Å²) in [6.07, 6.45) is 1.84. The van der Waals surface area contributed by atoms with Crippen LogP contribution in [0.15, 0.2) is 47.1 Å².